The summed E-state index contributed by atoms with van der Waals surface area (Å²) in [6.07, 6.45) is 3.03. The number of hydrogen-bond acceptors (Lipinski definition) is 5. The van der Waals surface area contributed by atoms with Crippen LogP contribution in [0.25, 0.3) is 11.3 Å². The smallest absolute Gasteiger partial charge is 0.231 e. The van der Waals surface area contributed by atoms with E-state index in [0.29, 0.717) is 21.1 Å². The molecule has 0 unspecified atom stereocenters. The quantitative estimate of drug-likeness (QED) is 0.499. The number of nitrogens with zero attached hydrogens (tertiary/aromatic N) is 6. The van der Waals surface area contributed by atoms with Crippen LogP contribution in [0, 0.1) is 13.8 Å². The lowest BCUT2D eigenvalue weighted by molar-refractivity contribution is 0.457. The van der Waals surface area contributed by atoms with Gasteiger partial charge in [-0.1, -0.05) is 34.8 Å². The molecule has 10 heteroatoms. The molecule has 4 aromatic heterocycles. The highest BCUT2D eigenvalue weighted by molar-refractivity contribution is 6.30. The molecule has 0 bridgehead atoms. The Hall–Kier alpha value is -2.09. The lowest BCUT2D eigenvalue weighted by Crippen LogP contribution is -1.92. The summed E-state index contributed by atoms with van der Waals surface area (Å²) in [4.78, 5) is 7.91. The fourth-order valence-electron chi connectivity index (χ4n) is 2.14. The predicted octanol–water partition coefficient (Wildman–Crippen LogP) is 3.74. The molecule has 0 radical (unpaired) electrons. The van der Waals surface area contributed by atoms with Crippen LogP contribution in [0.15, 0.2) is 24.5 Å². The second-order valence-corrected chi connectivity index (χ2v) is 6.16. The van der Waals surface area contributed by atoms with Crippen LogP contribution in [0.3, 0.4) is 0 Å². The van der Waals surface area contributed by atoms with E-state index in [-0.39, 0.29) is 5.88 Å². The highest BCUT2D eigenvalue weighted by Crippen LogP contribution is 2.16. The van der Waals surface area contributed by atoms with E-state index < -0.39 is 0 Å². The van der Waals surface area contributed by atoms with E-state index in [1.54, 1.807) is 22.8 Å². The van der Waals surface area contributed by atoms with Gasteiger partial charge in [-0.2, -0.15) is 15.2 Å². The van der Waals surface area contributed by atoms with Crippen molar-refractivity contribution in [3.05, 3.63) is 51.1 Å². The molecular weight excluding hydrogens is 375 g/mol. The van der Waals surface area contributed by atoms with E-state index in [9.17, 15) is 0 Å². The van der Waals surface area contributed by atoms with Gasteiger partial charge in [0.25, 0.3) is 0 Å². The molecule has 0 spiro atoms. The summed E-state index contributed by atoms with van der Waals surface area (Å²) < 4.78 is 3.02. The fraction of sp³-hybridized carbons (Fsp3) is 0.143. The molecule has 124 valence electrons. The fourth-order valence-corrected chi connectivity index (χ4v) is 2.81. The van der Waals surface area contributed by atoms with E-state index in [0.717, 1.165) is 16.8 Å². The van der Waals surface area contributed by atoms with Gasteiger partial charge in [0.1, 0.15) is 15.5 Å². The maximum absolute atomic E-state index is 9.06. The van der Waals surface area contributed by atoms with Gasteiger partial charge in [0.05, 0.1) is 12.4 Å². The Morgan fingerprint density at radius 1 is 0.792 bits per heavy atom. The van der Waals surface area contributed by atoms with Crippen LogP contribution in [0.2, 0.25) is 15.5 Å². The van der Waals surface area contributed by atoms with E-state index in [2.05, 4.69) is 20.2 Å². The molecule has 4 heterocycles. The molecule has 0 saturated carbocycles. The van der Waals surface area contributed by atoms with Gasteiger partial charge in [0.15, 0.2) is 11.3 Å². The van der Waals surface area contributed by atoms with Crippen LogP contribution in [-0.2, 0) is 0 Å². The number of hydrogen-bond donors (Lipinski definition) is 1. The number of rotatable bonds is 0. The van der Waals surface area contributed by atoms with Crippen molar-refractivity contribution in [1.29, 1.82) is 0 Å². The molecule has 0 aromatic carbocycles. The number of aromatic hydroxyl groups is 1. The number of fused-ring (bicyclic) bond motifs is 2. The van der Waals surface area contributed by atoms with E-state index in [1.165, 1.54) is 10.7 Å². The molecule has 7 nitrogen and oxygen atoms in total. The van der Waals surface area contributed by atoms with Gasteiger partial charge in [-0.05, 0) is 37.1 Å². The Kier molecular flexibility index (Phi) is 4.49. The molecule has 0 aliphatic heterocycles. The van der Waals surface area contributed by atoms with Crippen LogP contribution < -0.4 is 0 Å². The summed E-state index contributed by atoms with van der Waals surface area (Å²) in [5.41, 5.74) is 3.21. The number of aryl methyl sites for hydroxylation is 2. The third kappa shape index (κ3) is 3.38. The van der Waals surface area contributed by atoms with Crippen molar-refractivity contribution < 1.29 is 5.11 Å². The minimum atomic E-state index is -0.0483. The van der Waals surface area contributed by atoms with Gasteiger partial charge in [-0.15, -0.1) is 0 Å². The second kappa shape index (κ2) is 6.43. The molecule has 4 rings (SSSR count). The molecule has 1 N–H and O–H groups in total. The highest BCUT2D eigenvalue weighted by atomic mass is 35.5. The summed E-state index contributed by atoms with van der Waals surface area (Å²) in [7, 11) is 0. The standard InChI is InChI=1S/C7H5Cl2N3.C7H6ClN3O/c1-4-2-5(8)11-12-3-6(9)10-7(4)12;1-4-2-5(8)10-11-3-6(12)9-7(4)11/h2-3H,1H3;2-3,12H,1H3. The van der Waals surface area contributed by atoms with Gasteiger partial charge in [0, 0.05) is 0 Å². The maximum Gasteiger partial charge on any atom is 0.231 e. The summed E-state index contributed by atoms with van der Waals surface area (Å²) in [6, 6.07) is 3.45. The molecule has 0 atom stereocenters. The average Bonchev–Trinajstić information content (AvgIpc) is 3.01. The predicted molar refractivity (Wildman–Crippen MR) is 92.1 cm³/mol. The Balaban J connectivity index is 0.000000141. The van der Waals surface area contributed by atoms with Crippen LogP contribution in [-0.4, -0.2) is 34.3 Å². The van der Waals surface area contributed by atoms with Crippen molar-refractivity contribution >= 4 is 46.1 Å². The maximum atomic E-state index is 9.06. The first kappa shape index (κ1) is 16.8. The topological polar surface area (TPSA) is 80.6 Å². The molecule has 0 amide bonds. The monoisotopic (exact) mass is 384 g/mol. The zero-order valence-electron chi connectivity index (χ0n) is 12.6. The first-order chi connectivity index (χ1) is 11.3. The van der Waals surface area contributed by atoms with Gasteiger partial charge >= 0.3 is 0 Å². The minimum absolute atomic E-state index is 0.0483. The Morgan fingerprint density at radius 3 is 1.88 bits per heavy atom. The van der Waals surface area contributed by atoms with Crippen LogP contribution >= 0.6 is 34.8 Å². The third-order valence-electron chi connectivity index (χ3n) is 3.12. The van der Waals surface area contributed by atoms with Crippen molar-refractivity contribution in [3.63, 3.8) is 0 Å². The molecule has 0 aliphatic rings. The number of halogens is 3. The Labute approximate surface area is 151 Å². The first-order valence-corrected chi connectivity index (χ1v) is 7.86. The van der Waals surface area contributed by atoms with Crippen LogP contribution in [0.5, 0.6) is 5.88 Å². The molecule has 0 fully saturated rings. The highest BCUT2D eigenvalue weighted by Gasteiger charge is 2.05. The summed E-state index contributed by atoms with van der Waals surface area (Å²) >= 11 is 17.1. The number of aromatic nitrogens is 6. The number of imidazole rings is 2. The van der Waals surface area contributed by atoms with Crippen LogP contribution in [0.1, 0.15) is 11.1 Å². The SMILES string of the molecule is Cc1cc(Cl)nn2cc(Cl)nc12.Cc1cc(Cl)nn2cc(O)nc12. The van der Waals surface area contributed by atoms with Crippen molar-refractivity contribution in [2.75, 3.05) is 0 Å². The zero-order chi connectivity index (χ0) is 17.4. The normalized spacial score (nSPS) is 10.9. The van der Waals surface area contributed by atoms with Crippen molar-refractivity contribution in [3.8, 4) is 5.88 Å². The van der Waals surface area contributed by atoms with Crippen molar-refractivity contribution in [1.82, 2.24) is 29.2 Å². The molecule has 0 aliphatic carbocycles. The second-order valence-electron chi connectivity index (χ2n) is 5.00. The molecule has 0 saturated heterocycles. The van der Waals surface area contributed by atoms with Crippen LogP contribution in [0.4, 0.5) is 0 Å². The summed E-state index contributed by atoms with van der Waals surface area (Å²) in [5, 5.41) is 18.2. The zero-order valence-corrected chi connectivity index (χ0v) is 14.8. The third-order valence-corrected chi connectivity index (χ3v) is 3.67. The molecule has 4 aromatic rings. The van der Waals surface area contributed by atoms with E-state index in [4.69, 9.17) is 39.9 Å². The Morgan fingerprint density at radius 2 is 1.29 bits per heavy atom. The van der Waals surface area contributed by atoms with Gasteiger partial charge in [0.2, 0.25) is 5.88 Å². The average molecular weight is 386 g/mol. The van der Waals surface area contributed by atoms with Gasteiger partial charge in [-0.25, -0.2) is 14.0 Å². The Bertz CT molecular complexity index is 958. The first-order valence-electron chi connectivity index (χ1n) is 6.73. The van der Waals surface area contributed by atoms with Gasteiger partial charge in [-0.3, -0.25) is 0 Å². The lowest BCUT2D eigenvalue weighted by Gasteiger charge is -1.96. The molecule has 24 heavy (non-hydrogen) atoms. The van der Waals surface area contributed by atoms with E-state index >= 15 is 0 Å². The summed E-state index contributed by atoms with van der Waals surface area (Å²) in [5.74, 6) is -0.0483. The van der Waals surface area contributed by atoms with Gasteiger partial charge < -0.3 is 5.11 Å². The minimum Gasteiger partial charge on any atom is -0.492 e. The van der Waals surface area contributed by atoms with E-state index in [1.807, 2.05) is 13.8 Å². The van der Waals surface area contributed by atoms with Crippen molar-refractivity contribution in [2.24, 2.45) is 0 Å². The largest absolute Gasteiger partial charge is 0.492 e. The lowest BCUT2D eigenvalue weighted by atomic mass is 10.3. The van der Waals surface area contributed by atoms with Crippen molar-refractivity contribution in [2.45, 2.75) is 13.8 Å². The summed E-state index contributed by atoms with van der Waals surface area (Å²) in [6.45, 7) is 3.77. The molecular formula is C14H11Cl3N6O.